The molecule has 0 aliphatic rings. The fourth-order valence-corrected chi connectivity index (χ4v) is 6.08. The zero-order valence-corrected chi connectivity index (χ0v) is 19.0. The number of carbonyl (C=O) groups excluding carboxylic acids is 1. The first-order chi connectivity index (χ1) is 15.0. The highest BCUT2D eigenvalue weighted by atomic mass is 31.2. The van der Waals surface area contributed by atoms with Crippen molar-refractivity contribution in [3.05, 3.63) is 108 Å². The van der Waals surface area contributed by atoms with Crippen LogP contribution in [0.4, 0.5) is 4.79 Å². The van der Waals surface area contributed by atoms with Crippen LogP contribution in [0.1, 0.15) is 32.4 Å². The molecule has 0 aromatic heterocycles. The second-order valence-electron chi connectivity index (χ2n) is 7.26. The molecule has 4 nitrogen and oxygen atoms in total. The Bertz CT molecular complexity index is 1020. The Morgan fingerprint density at radius 2 is 1.35 bits per heavy atom. The molecule has 1 atom stereocenters. The maximum absolute atomic E-state index is 14.4. The summed E-state index contributed by atoms with van der Waals surface area (Å²) in [5.74, 6) is 1.73. The van der Waals surface area contributed by atoms with Crippen LogP contribution in [0, 0.1) is 0 Å². The van der Waals surface area contributed by atoms with Crippen LogP contribution >= 0.6 is 7.14 Å². The van der Waals surface area contributed by atoms with Gasteiger partial charge in [0.05, 0.1) is 12.6 Å². The first-order valence-corrected chi connectivity index (χ1v) is 12.2. The molecule has 1 amide bonds. The van der Waals surface area contributed by atoms with E-state index in [1.54, 1.807) is 17.6 Å². The maximum atomic E-state index is 14.4. The number of benzene rings is 3. The molecule has 5 heteroatoms. The quantitative estimate of drug-likeness (QED) is 0.424. The van der Waals surface area contributed by atoms with Crippen LogP contribution in [0.2, 0.25) is 0 Å². The van der Waals surface area contributed by atoms with Gasteiger partial charge in [-0.05, 0) is 26.3 Å². The van der Waals surface area contributed by atoms with Gasteiger partial charge in [-0.1, -0.05) is 91.0 Å². The van der Waals surface area contributed by atoms with Crippen LogP contribution in [0.15, 0.2) is 103 Å². The van der Waals surface area contributed by atoms with Crippen molar-refractivity contribution >= 4 is 23.8 Å². The molecule has 0 unspecified atom stereocenters. The Hall–Kier alpha value is -3.10. The third-order valence-corrected chi connectivity index (χ3v) is 8.03. The summed E-state index contributed by atoms with van der Waals surface area (Å²) in [4.78, 5) is 14.5. The Labute approximate surface area is 184 Å². The molecular weight excluding hydrogens is 405 g/mol. The Morgan fingerprint density at radius 1 is 0.903 bits per heavy atom. The van der Waals surface area contributed by atoms with Gasteiger partial charge in [0.25, 0.3) is 0 Å². The van der Waals surface area contributed by atoms with Crippen molar-refractivity contribution in [2.45, 2.75) is 26.8 Å². The molecule has 0 N–H and O–H groups in total. The van der Waals surface area contributed by atoms with Gasteiger partial charge in [-0.2, -0.15) is 0 Å². The SMILES string of the molecule is CCOC(=O)N(/C(C)=C/P(=O)(c1ccccc1)c1ccccc1)[C@H](C)c1ccccc1. The van der Waals surface area contributed by atoms with Gasteiger partial charge in [0.1, 0.15) is 0 Å². The molecule has 3 aromatic rings. The molecule has 0 saturated heterocycles. The highest BCUT2D eigenvalue weighted by Crippen LogP contribution is 2.47. The second kappa shape index (κ2) is 10.3. The van der Waals surface area contributed by atoms with Gasteiger partial charge in [-0.15, -0.1) is 0 Å². The van der Waals surface area contributed by atoms with Gasteiger partial charge in [-0.3, -0.25) is 4.90 Å². The minimum Gasteiger partial charge on any atom is -0.449 e. The molecule has 31 heavy (non-hydrogen) atoms. The first-order valence-electron chi connectivity index (χ1n) is 10.4. The normalized spacial score (nSPS) is 12.8. The molecule has 160 valence electrons. The number of hydrogen-bond donors (Lipinski definition) is 0. The number of hydrogen-bond acceptors (Lipinski definition) is 3. The highest BCUT2D eigenvalue weighted by Gasteiger charge is 2.30. The lowest BCUT2D eigenvalue weighted by Crippen LogP contribution is -2.33. The number of ether oxygens (including phenoxy) is 1. The van der Waals surface area contributed by atoms with E-state index in [9.17, 15) is 9.36 Å². The van der Waals surface area contributed by atoms with Crippen molar-refractivity contribution in [2.24, 2.45) is 0 Å². The number of carbonyl (C=O) groups is 1. The second-order valence-corrected chi connectivity index (χ2v) is 9.86. The van der Waals surface area contributed by atoms with Crippen LogP contribution in [0.5, 0.6) is 0 Å². The van der Waals surface area contributed by atoms with Gasteiger partial charge < -0.3 is 9.30 Å². The smallest absolute Gasteiger partial charge is 0.414 e. The number of nitrogens with zero attached hydrogens (tertiary/aromatic N) is 1. The summed E-state index contributed by atoms with van der Waals surface area (Å²) in [6.45, 7) is 5.80. The Kier molecular flexibility index (Phi) is 7.49. The van der Waals surface area contributed by atoms with Gasteiger partial charge in [0.15, 0.2) is 7.14 Å². The van der Waals surface area contributed by atoms with Crippen LogP contribution in [0.25, 0.3) is 0 Å². The third kappa shape index (κ3) is 5.15. The summed E-state index contributed by atoms with van der Waals surface area (Å²) < 4.78 is 19.8. The number of allylic oxidation sites excluding steroid dienone is 1. The lowest BCUT2D eigenvalue weighted by Gasteiger charge is -2.30. The van der Waals surface area contributed by atoms with Crippen molar-refractivity contribution < 1.29 is 14.1 Å². The van der Waals surface area contributed by atoms with Crippen LogP contribution in [-0.4, -0.2) is 17.6 Å². The largest absolute Gasteiger partial charge is 0.449 e. The lowest BCUT2D eigenvalue weighted by atomic mass is 10.1. The molecule has 0 heterocycles. The summed E-state index contributed by atoms with van der Waals surface area (Å²) >= 11 is 0. The van der Waals surface area contributed by atoms with E-state index < -0.39 is 13.2 Å². The van der Waals surface area contributed by atoms with Crippen molar-refractivity contribution in [2.75, 3.05) is 6.61 Å². The van der Waals surface area contributed by atoms with Crippen LogP contribution in [-0.2, 0) is 9.30 Å². The molecule has 3 rings (SSSR count). The maximum Gasteiger partial charge on any atom is 0.414 e. The van der Waals surface area contributed by atoms with E-state index in [-0.39, 0.29) is 12.6 Å². The van der Waals surface area contributed by atoms with Gasteiger partial charge in [0, 0.05) is 22.1 Å². The Balaban J connectivity index is 2.12. The number of rotatable bonds is 7. The van der Waals surface area contributed by atoms with E-state index >= 15 is 0 Å². The molecule has 0 radical (unpaired) electrons. The highest BCUT2D eigenvalue weighted by molar-refractivity contribution is 7.81. The minimum absolute atomic E-state index is 0.263. The molecule has 0 aliphatic heterocycles. The van der Waals surface area contributed by atoms with E-state index in [1.165, 1.54) is 0 Å². The monoisotopic (exact) mass is 433 g/mol. The van der Waals surface area contributed by atoms with Crippen molar-refractivity contribution in [3.63, 3.8) is 0 Å². The molecule has 0 saturated carbocycles. The van der Waals surface area contributed by atoms with E-state index in [1.807, 2.05) is 105 Å². The summed E-state index contributed by atoms with van der Waals surface area (Å²) in [5, 5.41) is 1.44. The standard InChI is InChI=1S/C26H28NO3P/c1-4-30-26(28)27(22(3)23-14-8-5-9-15-23)21(2)20-31(29,24-16-10-6-11-17-24)25-18-12-7-13-19-25/h5-20,22H,4H2,1-3H3/b21-20+/t22-/m1/s1. The van der Waals surface area contributed by atoms with Crippen molar-refractivity contribution in [1.82, 2.24) is 4.90 Å². The first kappa shape index (κ1) is 22.6. The number of amides is 1. The summed E-state index contributed by atoms with van der Waals surface area (Å²) in [5.41, 5.74) is 1.56. The molecule has 0 bridgehead atoms. The predicted molar refractivity (Wildman–Crippen MR) is 127 cm³/mol. The molecule has 0 aliphatic carbocycles. The van der Waals surface area contributed by atoms with Crippen LogP contribution in [0.3, 0.4) is 0 Å². The molecular formula is C26H28NO3P. The minimum atomic E-state index is -3.14. The summed E-state index contributed by atoms with van der Waals surface area (Å²) in [7, 11) is -3.14. The molecule has 0 fully saturated rings. The van der Waals surface area contributed by atoms with Crippen molar-refractivity contribution in [3.8, 4) is 0 Å². The van der Waals surface area contributed by atoms with Crippen molar-refractivity contribution in [1.29, 1.82) is 0 Å². The Morgan fingerprint density at radius 3 is 1.81 bits per heavy atom. The third-order valence-electron chi connectivity index (χ3n) is 5.16. The zero-order valence-electron chi connectivity index (χ0n) is 18.1. The lowest BCUT2D eigenvalue weighted by molar-refractivity contribution is 0.107. The van der Waals surface area contributed by atoms with Gasteiger partial charge in [-0.25, -0.2) is 4.79 Å². The average Bonchev–Trinajstić information content (AvgIpc) is 2.81. The van der Waals surface area contributed by atoms with Gasteiger partial charge >= 0.3 is 6.09 Å². The van der Waals surface area contributed by atoms with Gasteiger partial charge in [0.2, 0.25) is 0 Å². The van der Waals surface area contributed by atoms with E-state index in [0.29, 0.717) is 5.70 Å². The summed E-state index contributed by atoms with van der Waals surface area (Å²) in [6, 6.07) is 28.3. The summed E-state index contributed by atoms with van der Waals surface area (Å²) in [6.07, 6.45) is -0.458. The van der Waals surface area contributed by atoms with E-state index in [0.717, 1.165) is 16.2 Å². The van der Waals surface area contributed by atoms with Crippen LogP contribution < -0.4 is 10.6 Å². The molecule has 0 spiro atoms. The fraction of sp³-hybridized carbons (Fsp3) is 0.192. The van der Waals surface area contributed by atoms with E-state index in [4.69, 9.17) is 4.74 Å². The topological polar surface area (TPSA) is 46.6 Å². The van der Waals surface area contributed by atoms with E-state index in [2.05, 4.69) is 0 Å². The predicted octanol–water partition coefficient (Wildman–Crippen LogP) is 6.08. The molecule has 3 aromatic carbocycles. The fourth-order valence-electron chi connectivity index (χ4n) is 3.60. The zero-order chi connectivity index (χ0) is 22.3. The average molecular weight is 433 g/mol.